The van der Waals surface area contributed by atoms with Gasteiger partial charge in [-0.05, 0) is 38.1 Å². The van der Waals surface area contributed by atoms with E-state index in [1.807, 2.05) is 24.3 Å². The lowest BCUT2D eigenvalue weighted by Crippen LogP contribution is -2.07. The fourth-order valence-electron chi connectivity index (χ4n) is 1.98. The molecule has 2 rings (SSSR count). The first kappa shape index (κ1) is 17.1. The van der Waals surface area contributed by atoms with Crippen molar-refractivity contribution in [1.82, 2.24) is 0 Å². The minimum Gasteiger partial charge on any atom is -0.462 e. The summed E-state index contributed by atoms with van der Waals surface area (Å²) in [5.74, 6) is -0.742. The van der Waals surface area contributed by atoms with Gasteiger partial charge < -0.3 is 9.47 Å². The number of hydrogen-bond donors (Lipinski definition) is 0. The molecule has 0 aliphatic heterocycles. The average Bonchev–Trinajstić information content (AvgIpc) is 2.56. The third kappa shape index (κ3) is 4.36. The summed E-state index contributed by atoms with van der Waals surface area (Å²) >= 11 is 1.35. The van der Waals surface area contributed by atoms with Crippen LogP contribution in [-0.2, 0) is 9.47 Å². The number of carbonyl (C=O) groups excluding carboxylic acids is 2. The topological polar surface area (TPSA) is 52.6 Å². The summed E-state index contributed by atoms with van der Waals surface area (Å²) < 4.78 is 10.2. The van der Waals surface area contributed by atoms with Crippen molar-refractivity contribution in [2.75, 3.05) is 13.2 Å². The highest BCUT2D eigenvalue weighted by Gasteiger charge is 2.17. The van der Waals surface area contributed by atoms with Crippen molar-refractivity contribution in [1.29, 1.82) is 0 Å². The highest BCUT2D eigenvalue weighted by atomic mass is 32.2. The highest BCUT2D eigenvalue weighted by molar-refractivity contribution is 7.99. The molecule has 23 heavy (non-hydrogen) atoms. The first-order valence-electron chi connectivity index (χ1n) is 7.37. The zero-order valence-corrected chi connectivity index (χ0v) is 13.9. The average molecular weight is 330 g/mol. The van der Waals surface area contributed by atoms with Gasteiger partial charge in [-0.15, -0.1) is 0 Å². The molecule has 0 saturated carbocycles. The lowest BCUT2D eigenvalue weighted by atomic mass is 10.2. The van der Waals surface area contributed by atoms with Crippen molar-refractivity contribution in [2.24, 2.45) is 0 Å². The molecule has 2 aromatic rings. The van der Waals surface area contributed by atoms with Gasteiger partial charge in [0.1, 0.15) is 0 Å². The van der Waals surface area contributed by atoms with Crippen LogP contribution < -0.4 is 0 Å². The first-order chi connectivity index (χ1) is 11.2. The molecule has 120 valence electrons. The van der Waals surface area contributed by atoms with Crippen LogP contribution in [0.5, 0.6) is 0 Å². The molecule has 0 atom stereocenters. The fourth-order valence-corrected chi connectivity index (χ4v) is 3.04. The summed E-state index contributed by atoms with van der Waals surface area (Å²) in [5.41, 5.74) is 0.969. The van der Waals surface area contributed by atoms with Gasteiger partial charge >= 0.3 is 11.9 Å². The van der Waals surface area contributed by atoms with Crippen LogP contribution in [0.4, 0.5) is 0 Å². The summed E-state index contributed by atoms with van der Waals surface area (Å²) in [7, 11) is 0. The maximum Gasteiger partial charge on any atom is 0.339 e. The largest absolute Gasteiger partial charge is 0.462 e. The lowest BCUT2D eigenvalue weighted by molar-refractivity contribution is 0.0513. The maximum absolute atomic E-state index is 12.0. The number of esters is 2. The molecule has 4 nitrogen and oxygen atoms in total. The molecule has 0 radical (unpaired) electrons. The smallest absolute Gasteiger partial charge is 0.339 e. The van der Waals surface area contributed by atoms with E-state index in [1.165, 1.54) is 11.8 Å². The summed E-state index contributed by atoms with van der Waals surface area (Å²) in [6, 6.07) is 14.4. The molecule has 0 unspecified atom stereocenters. The van der Waals surface area contributed by atoms with Gasteiger partial charge in [0.05, 0.1) is 24.3 Å². The Hall–Kier alpha value is -2.27. The van der Waals surface area contributed by atoms with E-state index in [1.54, 1.807) is 38.1 Å². The summed E-state index contributed by atoms with van der Waals surface area (Å²) in [5, 5.41) is 0. The minimum atomic E-state index is -0.371. The molecule has 0 aliphatic rings. The van der Waals surface area contributed by atoms with Crippen LogP contribution in [0.25, 0.3) is 0 Å². The van der Waals surface area contributed by atoms with Gasteiger partial charge in [-0.2, -0.15) is 0 Å². The lowest BCUT2D eigenvalue weighted by Gasteiger charge is -2.11. The number of carbonyl (C=O) groups is 2. The second-order valence-corrected chi connectivity index (χ2v) is 5.62. The van der Waals surface area contributed by atoms with Crippen LogP contribution in [0.1, 0.15) is 34.6 Å². The van der Waals surface area contributed by atoms with Gasteiger partial charge in [-0.3, -0.25) is 0 Å². The molecule has 0 aliphatic carbocycles. The zero-order chi connectivity index (χ0) is 16.7. The maximum atomic E-state index is 12.0. The molecule has 0 heterocycles. The molecular formula is C18H18O4S. The Balaban J connectivity index is 2.33. The van der Waals surface area contributed by atoms with Crippen molar-refractivity contribution in [3.8, 4) is 0 Å². The predicted octanol–water partition coefficient (Wildman–Crippen LogP) is 4.19. The van der Waals surface area contributed by atoms with Gasteiger partial charge in [0.25, 0.3) is 0 Å². The van der Waals surface area contributed by atoms with Crippen molar-refractivity contribution >= 4 is 23.7 Å². The Morgan fingerprint density at radius 3 is 1.57 bits per heavy atom. The van der Waals surface area contributed by atoms with Crippen LogP contribution >= 0.6 is 11.8 Å². The third-order valence-electron chi connectivity index (χ3n) is 2.98. The van der Waals surface area contributed by atoms with E-state index < -0.39 is 0 Å². The van der Waals surface area contributed by atoms with Crippen molar-refractivity contribution in [3.05, 3.63) is 59.7 Å². The molecule has 2 aromatic carbocycles. The molecule has 0 saturated heterocycles. The van der Waals surface area contributed by atoms with E-state index in [9.17, 15) is 9.59 Å². The summed E-state index contributed by atoms with van der Waals surface area (Å²) in [4.78, 5) is 25.6. The molecule has 0 fully saturated rings. The molecule has 0 bridgehead atoms. The number of rotatable bonds is 6. The van der Waals surface area contributed by atoms with E-state index in [0.29, 0.717) is 24.3 Å². The Kier molecular flexibility index (Phi) is 6.23. The summed E-state index contributed by atoms with van der Waals surface area (Å²) in [6.45, 7) is 4.17. The van der Waals surface area contributed by atoms with Gasteiger partial charge in [0, 0.05) is 9.79 Å². The Labute approximate surface area is 139 Å². The van der Waals surface area contributed by atoms with E-state index in [-0.39, 0.29) is 11.9 Å². The normalized spacial score (nSPS) is 10.2. The van der Waals surface area contributed by atoms with Crippen LogP contribution in [-0.4, -0.2) is 25.2 Å². The van der Waals surface area contributed by atoms with E-state index in [2.05, 4.69) is 0 Å². The Morgan fingerprint density at radius 1 is 0.783 bits per heavy atom. The first-order valence-corrected chi connectivity index (χ1v) is 8.19. The predicted molar refractivity (Wildman–Crippen MR) is 88.9 cm³/mol. The number of benzene rings is 2. The monoisotopic (exact) mass is 330 g/mol. The fraction of sp³-hybridized carbons (Fsp3) is 0.222. The van der Waals surface area contributed by atoms with E-state index >= 15 is 0 Å². The second kappa shape index (κ2) is 8.39. The summed E-state index contributed by atoms with van der Waals surface area (Å²) in [6.07, 6.45) is 0. The van der Waals surface area contributed by atoms with Crippen molar-refractivity contribution in [2.45, 2.75) is 23.6 Å². The standard InChI is InChI=1S/C18H18O4S/c1-3-21-17(19)13-9-5-7-11-15(13)23-16-12-8-6-10-14(16)18(20)22-4-2/h5-12H,3-4H2,1-2H3. The van der Waals surface area contributed by atoms with E-state index in [0.717, 1.165) is 9.79 Å². The van der Waals surface area contributed by atoms with Gasteiger partial charge in [-0.1, -0.05) is 36.0 Å². The molecule has 0 N–H and O–H groups in total. The van der Waals surface area contributed by atoms with Crippen molar-refractivity contribution < 1.29 is 19.1 Å². The van der Waals surface area contributed by atoms with Gasteiger partial charge in [-0.25, -0.2) is 9.59 Å². The van der Waals surface area contributed by atoms with E-state index in [4.69, 9.17) is 9.47 Å². The van der Waals surface area contributed by atoms with Crippen LogP contribution in [0.3, 0.4) is 0 Å². The highest BCUT2D eigenvalue weighted by Crippen LogP contribution is 2.33. The van der Waals surface area contributed by atoms with Crippen LogP contribution in [0.15, 0.2) is 58.3 Å². The molecule has 0 amide bonds. The van der Waals surface area contributed by atoms with Gasteiger partial charge in [0.2, 0.25) is 0 Å². The molecule has 5 heteroatoms. The van der Waals surface area contributed by atoms with Crippen LogP contribution in [0.2, 0.25) is 0 Å². The molecule has 0 aromatic heterocycles. The third-order valence-corrected chi connectivity index (χ3v) is 4.14. The second-order valence-electron chi connectivity index (χ2n) is 4.54. The Morgan fingerprint density at radius 2 is 1.17 bits per heavy atom. The zero-order valence-electron chi connectivity index (χ0n) is 13.1. The SMILES string of the molecule is CCOC(=O)c1ccccc1Sc1ccccc1C(=O)OCC. The minimum absolute atomic E-state index is 0.317. The number of ether oxygens (including phenoxy) is 2. The number of hydrogen-bond acceptors (Lipinski definition) is 5. The molecule has 0 spiro atoms. The van der Waals surface area contributed by atoms with Crippen molar-refractivity contribution in [3.63, 3.8) is 0 Å². The van der Waals surface area contributed by atoms with Crippen LogP contribution in [0, 0.1) is 0 Å². The van der Waals surface area contributed by atoms with Gasteiger partial charge in [0.15, 0.2) is 0 Å². The Bertz CT molecular complexity index is 637. The quantitative estimate of drug-likeness (QED) is 0.743. The molecular weight excluding hydrogens is 312 g/mol.